The molecule has 0 saturated carbocycles. The first-order valence-electron chi connectivity index (χ1n) is 9.21. The van der Waals surface area contributed by atoms with Gasteiger partial charge in [-0.15, -0.1) is 0 Å². The Morgan fingerprint density at radius 2 is 1.76 bits per heavy atom. The molecule has 8 heteroatoms. The second-order valence-corrected chi connectivity index (χ2v) is 8.67. The number of hydrogen-bond donors (Lipinski definition) is 3. The summed E-state index contributed by atoms with van der Waals surface area (Å²) in [4.78, 5) is 24.6. The van der Waals surface area contributed by atoms with E-state index in [4.69, 9.17) is 0 Å². The smallest absolute Gasteiger partial charge is 0.258 e. The third-order valence-corrected chi connectivity index (χ3v) is 5.23. The quantitative estimate of drug-likeness (QED) is 0.350. The van der Waals surface area contributed by atoms with Gasteiger partial charge in [0.15, 0.2) is 5.78 Å². The first kappa shape index (κ1) is 20.8. The SMILES string of the molecule is CC(=O)c1ccc2c(c1)/C(=C(/NCCCNS(C)(=O)=O)c1ccccc1)C(=O)N2. The second-order valence-electron chi connectivity index (χ2n) is 6.83. The maximum absolute atomic E-state index is 12.8. The average Bonchev–Trinajstić information content (AvgIpc) is 2.99. The summed E-state index contributed by atoms with van der Waals surface area (Å²) in [6.07, 6.45) is 1.66. The van der Waals surface area contributed by atoms with Crippen molar-refractivity contribution in [3.05, 3.63) is 65.2 Å². The molecule has 152 valence electrons. The number of ketones is 1. The normalized spacial score (nSPS) is 14.9. The van der Waals surface area contributed by atoms with Crippen molar-refractivity contribution >= 4 is 38.7 Å². The molecule has 0 aliphatic carbocycles. The van der Waals surface area contributed by atoms with Gasteiger partial charge in [0.2, 0.25) is 10.0 Å². The molecule has 0 unspecified atom stereocenters. The Labute approximate surface area is 170 Å². The minimum atomic E-state index is -3.24. The van der Waals surface area contributed by atoms with E-state index in [1.54, 1.807) is 18.2 Å². The fourth-order valence-corrected chi connectivity index (χ4v) is 3.65. The maximum Gasteiger partial charge on any atom is 0.258 e. The lowest BCUT2D eigenvalue weighted by Gasteiger charge is -2.15. The number of Topliss-reactive ketones (excluding diaryl/α,β-unsaturated/α-hetero) is 1. The van der Waals surface area contributed by atoms with Crippen LogP contribution in [0, 0.1) is 0 Å². The molecular weight excluding hydrogens is 390 g/mol. The van der Waals surface area contributed by atoms with Crippen LogP contribution in [0.15, 0.2) is 48.5 Å². The molecule has 0 bridgehead atoms. The Morgan fingerprint density at radius 1 is 1.03 bits per heavy atom. The van der Waals surface area contributed by atoms with E-state index in [1.807, 2.05) is 30.3 Å². The van der Waals surface area contributed by atoms with E-state index in [0.717, 1.165) is 11.8 Å². The molecule has 3 rings (SSSR count). The molecule has 1 aliphatic rings. The van der Waals surface area contributed by atoms with E-state index in [-0.39, 0.29) is 11.7 Å². The van der Waals surface area contributed by atoms with E-state index >= 15 is 0 Å². The Kier molecular flexibility index (Phi) is 6.14. The predicted molar refractivity (Wildman–Crippen MR) is 114 cm³/mol. The minimum absolute atomic E-state index is 0.0763. The van der Waals surface area contributed by atoms with Crippen LogP contribution < -0.4 is 15.4 Å². The Morgan fingerprint density at radius 3 is 2.41 bits per heavy atom. The predicted octanol–water partition coefficient (Wildman–Crippen LogP) is 2.24. The monoisotopic (exact) mass is 413 g/mol. The molecule has 2 aromatic rings. The second kappa shape index (κ2) is 8.59. The molecule has 0 aromatic heterocycles. The van der Waals surface area contributed by atoms with E-state index in [0.29, 0.717) is 47.6 Å². The summed E-state index contributed by atoms with van der Waals surface area (Å²) in [5, 5.41) is 6.13. The number of anilines is 1. The van der Waals surface area contributed by atoms with Crippen molar-refractivity contribution in [2.45, 2.75) is 13.3 Å². The first-order chi connectivity index (χ1) is 13.8. The lowest BCUT2D eigenvalue weighted by molar-refractivity contribution is -0.110. The lowest BCUT2D eigenvalue weighted by Crippen LogP contribution is -2.26. The molecule has 7 nitrogen and oxygen atoms in total. The maximum atomic E-state index is 12.8. The van der Waals surface area contributed by atoms with Gasteiger partial charge in [0.25, 0.3) is 5.91 Å². The highest BCUT2D eigenvalue weighted by Gasteiger charge is 2.28. The fraction of sp³-hybridized carbons (Fsp3) is 0.238. The molecular formula is C21H23N3O4S. The third kappa shape index (κ3) is 5.10. The van der Waals surface area contributed by atoms with E-state index < -0.39 is 10.0 Å². The summed E-state index contributed by atoms with van der Waals surface area (Å²) >= 11 is 0. The van der Waals surface area contributed by atoms with Crippen molar-refractivity contribution in [1.29, 1.82) is 0 Å². The number of benzene rings is 2. The van der Waals surface area contributed by atoms with Crippen LogP contribution in [0.5, 0.6) is 0 Å². The van der Waals surface area contributed by atoms with Crippen LogP contribution in [-0.2, 0) is 14.8 Å². The van der Waals surface area contributed by atoms with Gasteiger partial charge < -0.3 is 10.6 Å². The number of rotatable bonds is 8. The molecule has 3 N–H and O–H groups in total. The number of nitrogens with one attached hydrogen (secondary N) is 3. The molecule has 1 aliphatic heterocycles. The van der Waals surface area contributed by atoms with Gasteiger partial charge in [-0.3, -0.25) is 9.59 Å². The van der Waals surface area contributed by atoms with Crippen molar-refractivity contribution in [2.75, 3.05) is 24.7 Å². The Balaban J connectivity index is 1.96. The number of fused-ring (bicyclic) bond motifs is 1. The van der Waals surface area contributed by atoms with Gasteiger partial charge in [0.05, 0.1) is 17.5 Å². The van der Waals surface area contributed by atoms with Crippen LogP contribution in [0.2, 0.25) is 0 Å². The van der Waals surface area contributed by atoms with Crippen molar-refractivity contribution in [1.82, 2.24) is 10.0 Å². The zero-order valence-electron chi connectivity index (χ0n) is 16.3. The van der Waals surface area contributed by atoms with Gasteiger partial charge in [-0.05, 0) is 37.1 Å². The number of amides is 1. The largest absolute Gasteiger partial charge is 0.384 e. The molecule has 2 aromatic carbocycles. The zero-order valence-corrected chi connectivity index (χ0v) is 17.1. The van der Waals surface area contributed by atoms with Gasteiger partial charge in [0.1, 0.15) is 0 Å². The lowest BCUT2D eigenvalue weighted by atomic mass is 9.98. The van der Waals surface area contributed by atoms with Crippen molar-refractivity contribution in [3.8, 4) is 0 Å². The molecule has 0 saturated heterocycles. The zero-order chi connectivity index (χ0) is 21.0. The topological polar surface area (TPSA) is 104 Å². The van der Waals surface area contributed by atoms with Crippen molar-refractivity contribution in [3.63, 3.8) is 0 Å². The molecule has 0 fully saturated rings. The standard InChI is InChI=1S/C21H23N3O4S/c1-14(25)16-9-10-18-17(13-16)19(21(26)24-18)20(15-7-4-3-5-8-15)22-11-6-12-23-29(2,27)28/h3-5,7-10,13,22-23H,6,11-12H2,1-2H3,(H,24,26)/b20-19-. The van der Waals surface area contributed by atoms with Gasteiger partial charge in [-0.2, -0.15) is 0 Å². The highest BCUT2D eigenvalue weighted by Crippen LogP contribution is 2.36. The third-order valence-electron chi connectivity index (χ3n) is 4.50. The van der Waals surface area contributed by atoms with Crippen LogP contribution >= 0.6 is 0 Å². The molecule has 1 heterocycles. The number of hydrogen-bond acceptors (Lipinski definition) is 5. The first-order valence-corrected chi connectivity index (χ1v) is 11.1. The Bertz CT molecular complexity index is 1080. The number of carbonyl (C=O) groups excluding carboxylic acids is 2. The Hall–Kier alpha value is -2.97. The highest BCUT2D eigenvalue weighted by atomic mass is 32.2. The molecule has 0 atom stereocenters. The van der Waals surface area contributed by atoms with Crippen LogP contribution in [0.25, 0.3) is 11.3 Å². The van der Waals surface area contributed by atoms with E-state index in [2.05, 4.69) is 15.4 Å². The van der Waals surface area contributed by atoms with Gasteiger partial charge in [-0.1, -0.05) is 30.3 Å². The minimum Gasteiger partial charge on any atom is -0.384 e. The van der Waals surface area contributed by atoms with Crippen molar-refractivity contribution in [2.24, 2.45) is 0 Å². The summed E-state index contributed by atoms with van der Waals surface area (Å²) in [5.41, 5.74) is 3.79. The summed E-state index contributed by atoms with van der Waals surface area (Å²) in [6, 6.07) is 14.6. The summed E-state index contributed by atoms with van der Waals surface area (Å²) in [6.45, 7) is 2.24. The summed E-state index contributed by atoms with van der Waals surface area (Å²) < 4.78 is 24.9. The van der Waals surface area contributed by atoms with Crippen LogP contribution in [0.1, 0.15) is 34.8 Å². The summed E-state index contributed by atoms with van der Waals surface area (Å²) in [5.74, 6) is -0.325. The molecule has 0 radical (unpaired) electrons. The number of sulfonamides is 1. The number of carbonyl (C=O) groups is 2. The summed E-state index contributed by atoms with van der Waals surface area (Å²) in [7, 11) is -3.24. The van der Waals surface area contributed by atoms with Crippen LogP contribution in [0.4, 0.5) is 5.69 Å². The van der Waals surface area contributed by atoms with Crippen LogP contribution in [0.3, 0.4) is 0 Å². The van der Waals surface area contributed by atoms with Crippen LogP contribution in [-0.4, -0.2) is 39.5 Å². The van der Waals surface area contributed by atoms with Gasteiger partial charge in [-0.25, -0.2) is 13.1 Å². The molecule has 0 spiro atoms. The average molecular weight is 413 g/mol. The van der Waals surface area contributed by atoms with Crippen molar-refractivity contribution < 1.29 is 18.0 Å². The molecule has 1 amide bonds. The van der Waals surface area contributed by atoms with E-state index in [9.17, 15) is 18.0 Å². The highest BCUT2D eigenvalue weighted by molar-refractivity contribution is 7.88. The fourth-order valence-electron chi connectivity index (χ4n) is 3.13. The van der Waals surface area contributed by atoms with Gasteiger partial charge in [0, 0.05) is 29.9 Å². The van der Waals surface area contributed by atoms with Gasteiger partial charge >= 0.3 is 0 Å². The molecule has 29 heavy (non-hydrogen) atoms. The van der Waals surface area contributed by atoms with E-state index in [1.165, 1.54) is 6.92 Å².